The summed E-state index contributed by atoms with van der Waals surface area (Å²) < 4.78 is 109. The minimum absolute atomic E-state index is 0.203. The van der Waals surface area contributed by atoms with E-state index in [1.54, 1.807) is 6.07 Å². The number of nitriles is 1. The molecule has 0 unspecified atom stereocenters. The molecule has 0 spiro atoms. The molecule has 0 amide bonds. The maximum Gasteiger partial charge on any atom is 0.503 e. The molecule has 154 valence electrons. The average molecular weight is 438 g/mol. The number of aliphatic hydroxyl groups is 1. The number of hydrogen-bond acceptors (Lipinski definition) is 6. The van der Waals surface area contributed by atoms with Crippen LogP contribution in [0.4, 0.5) is 26.3 Å². The number of fused-ring (bicyclic) bond motifs is 1. The third kappa shape index (κ3) is 3.49. The van der Waals surface area contributed by atoms with Gasteiger partial charge in [-0.2, -0.15) is 18.4 Å². The standard InChI is InChI=1S/C16H8F6N2O4S/c17-8-1-7(5-23)2-9(3-8)28-11-6-24-14(29(26,27)16(20,21)22)12-10(11)4-15(18,19)13(12)25/h1-3,6,13,25H,4H2/t13-/m0/s1. The molecule has 6 nitrogen and oxygen atoms in total. The van der Waals surface area contributed by atoms with Gasteiger partial charge in [-0.3, -0.25) is 0 Å². The Morgan fingerprint density at radius 1 is 1.28 bits per heavy atom. The van der Waals surface area contributed by atoms with E-state index < -0.39 is 61.5 Å². The number of sulfone groups is 1. The van der Waals surface area contributed by atoms with Gasteiger partial charge in [-0.05, 0) is 12.1 Å². The Morgan fingerprint density at radius 2 is 1.93 bits per heavy atom. The van der Waals surface area contributed by atoms with Crippen LogP contribution in [-0.4, -0.2) is 29.9 Å². The monoisotopic (exact) mass is 438 g/mol. The molecule has 1 aromatic carbocycles. The molecule has 1 heterocycles. The van der Waals surface area contributed by atoms with Crippen molar-refractivity contribution in [2.75, 3.05) is 0 Å². The van der Waals surface area contributed by atoms with Crippen molar-refractivity contribution in [1.29, 1.82) is 5.26 Å². The maximum absolute atomic E-state index is 14.0. The van der Waals surface area contributed by atoms with Gasteiger partial charge in [0.05, 0.1) is 17.8 Å². The van der Waals surface area contributed by atoms with Crippen LogP contribution < -0.4 is 4.74 Å². The molecule has 0 saturated heterocycles. The Balaban J connectivity index is 2.19. The summed E-state index contributed by atoms with van der Waals surface area (Å²) in [5, 5.41) is 16.8. The zero-order valence-electron chi connectivity index (χ0n) is 13.8. The fraction of sp³-hybridized carbons (Fsp3) is 0.250. The maximum atomic E-state index is 14.0. The summed E-state index contributed by atoms with van der Waals surface area (Å²) in [6.45, 7) is 0. The van der Waals surface area contributed by atoms with E-state index in [4.69, 9.17) is 10.00 Å². The zero-order valence-corrected chi connectivity index (χ0v) is 14.7. The van der Waals surface area contributed by atoms with Crippen molar-refractivity contribution >= 4 is 9.84 Å². The minimum atomic E-state index is -6.15. The number of aromatic nitrogens is 1. The molecule has 29 heavy (non-hydrogen) atoms. The first-order valence-corrected chi connectivity index (χ1v) is 9.04. The van der Waals surface area contributed by atoms with E-state index in [-0.39, 0.29) is 11.3 Å². The molecule has 1 N–H and O–H groups in total. The van der Waals surface area contributed by atoms with Gasteiger partial charge in [0, 0.05) is 23.6 Å². The highest BCUT2D eigenvalue weighted by molar-refractivity contribution is 7.92. The molecular formula is C16H8F6N2O4S. The summed E-state index contributed by atoms with van der Waals surface area (Å²) in [4.78, 5) is 3.08. The van der Waals surface area contributed by atoms with Gasteiger partial charge in [-0.1, -0.05) is 0 Å². The number of pyridine rings is 1. The molecule has 1 aromatic heterocycles. The fourth-order valence-corrected chi connectivity index (χ4v) is 3.69. The lowest BCUT2D eigenvalue weighted by molar-refractivity contribution is -0.0980. The molecule has 2 aromatic rings. The van der Waals surface area contributed by atoms with Crippen LogP contribution in [0.5, 0.6) is 11.5 Å². The first-order valence-electron chi connectivity index (χ1n) is 7.55. The second-order valence-electron chi connectivity index (χ2n) is 6.00. The van der Waals surface area contributed by atoms with Crippen LogP contribution in [0.1, 0.15) is 22.8 Å². The van der Waals surface area contributed by atoms with E-state index in [1.165, 1.54) is 0 Å². The molecule has 1 atom stereocenters. The second-order valence-corrected chi connectivity index (χ2v) is 7.86. The van der Waals surface area contributed by atoms with Crippen molar-refractivity contribution in [3.63, 3.8) is 0 Å². The van der Waals surface area contributed by atoms with Gasteiger partial charge in [0.25, 0.3) is 15.8 Å². The predicted molar refractivity (Wildman–Crippen MR) is 82.3 cm³/mol. The zero-order chi connectivity index (χ0) is 21.8. The van der Waals surface area contributed by atoms with Crippen LogP contribution in [0, 0.1) is 17.1 Å². The summed E-state index contributed by atoms with van der Waals surface area (Å²) in [6.07, 6.45) is -3.78. The topological polar surface area (TPSA) is 100 Å². The summed E-state index contributed by atoms with van der Waals surface area (Å²) >= 11 is 0. The number of hydrogen-bond donors (Lipinski definition) is 1. The Hall–Kier alpha value is -2.85. The largest absolute Gasteiger partial charge is 0.503 e. The van der Waals surface area contributed by atoms with E-state index in [0.29, 0.717) is 6.20 Å². The van der Waals surface area contributed by atoms with Crippen molar-refractivity contribution in [2.24, 2.45) is 0 Å². The van der Waals surface area contributed by atoms with Gasteiger partial charge in [-0.25, -0.2) is 26.6 Å². The number of halogens is 6. The van der Waals surface area contributed by atoms with Gasteiger partial charge in [-0.15, -0.1) is 0 Å². The van der Waals surface area contributed by atoms with Crippen LogP contribution in [-0.2, 0) is 16.3 Å². The quantitative estimate of drug-likeness (QED) is 0.738. The summed E-state index contributed by atoms with van der Waals surface area (Å²) in [5.74, 6) is -5.92. The Kier molecular flexibility index (Phi) is 4.75. The van der Waals surface area contributed by atoms with Crippen LogP contribution in [0.25, 0.3) is 0 Å². The van der Waals surface area contributed by atoms with Crippen LogP contribution in [0.15, 0.2) is 29.4 Å². The molecular weight excluding hydrogens is 430 g/mol. The number of benzene rings is 1. The molecule has 0 bridgehead atoms. The predicted octanol–water partition coefficient (Wildman–Crippen LogP) is 3.40. The van der Waals surface area contributed by atoms with Crippen molar-refractivity contribution in [3.05, 3.63) is 46.9 Å². The fourth-order valence-electron chi connectivity index (χ4n) is 2.76. The Bertz CT molecular complexity index is 1140. The van der Waals surface area contributed by atoms with Crippen molar-refractivity contribution in [1.82, 2.24) is 4.98 Å². The van der Waals surface area contributed by atoms with E-state index >= 15 is 0 Å². The highest BCUT2D eigenvalue weighted by atomic mass is 32.2. The first kappa shape index (κ1) is 20.9. The van der Waals surface area contributed by atoms with E-state index in [0.717, 1.165) is 18.2 Å². The van der Waals surface area contributed by atoms with Gasteiger partial charge >= 0.3 is 5.51 Å². The van der Waals surface area contributed by atoms with Crippen molar-refractivity contribution < 1.29 is 44.6 Å². The van der Waals surface area contributed by atoms with Crippen LogP contribution in [0.2, 0.25) is 0 Å². The Labute approximate surface area is 158 Å². The second kappa shape index (κ2) is 6.60. The highest BCUT2D eigenvalue weighted by Crippen LogP contribution is 2.50. The Morgan fingerprint density at radius 3 is 2.52 bits per heavy atom. The van der Waals surface area contributed by atoms with E-state index in [1.807, 2.05) is 0 Å². The van der Waals surface area contributed by atoms with Crippen LogP contribution in [0.3, 0.4) is 0 Å². The molecule has 1 aliphatic rings. The highest BCUT2D eigenvalue weighted by Gasteiger charge is 2.56. The SMILES string of the molecule is N#Cc1cc(F)cc(Oc2cnc(S(=O)(=O)C(F)(F)F)c3c2CC(F)(F)[C@H]3O)c1. The van der Waals surface area contributed by atoms with E-state index in [2.05, 4.69) is 4.98 Å². The van der Waals surface area contributed by atoms with E-state index in [9.17, 15) is 39.9 Å². The normalized spacial score (nSPS) is 18.2. The third-order valence-corrected chi connectivity index (χ3v) is 5.47. The van der Waals surface area contributed by atoms with Gasteiger partial charge in [0.15, 0.2) is 5.03 Å². The van der Waals surface area contributed by atoms with Gasteiger partial charge in [0.2, 0.25) is 0 Å². The summed E-state index contributed by atoms with van der Waals surface area (Å²) in [7, 11) is -6.15. The number of alkyl halides is 5. The third-order valence-electron chi connectivity index (χ3n) is 4.03. The molecule has 0 saturated carbocycles. The molecule has 3 rings (SSSR count). The number of aliphatic hydroxyl groups excluding tert-OH is 1. The van der Waals surface area contributed by atoms with Crippen molar-refractivity contribution in [3.8, 4) is 17.6 Å². The number of ether oxygens (including phenoxy) is 1. The first-order chi connectivity index (χ1) is 13.3. The van der Waals surface area contributed by atoms with Crippen LogP contribution >= 0.6 is 0 Å². The lowest BCUT2D eigenvalue weighted by Gasteiger charge is -2.16. The lowest BCUT2D eigenvalue weighted by Crippen LogP contribution is -2.27. The van der Waals surface area contributed by atoms with Gasteiger partial charge < -0.3 is 9.84 Å². The smallest absolute Gasteiger partial charge is 0.455 e. The lowest BCUT2D eigenvalue weighted by atomic mass is 10.1. The minimum Gasteiger partial charge on any atom is -0.455 e. The molecule has 13 heteroatoms. The van der Waals surface area contributed by atoms with Crippen molar-refractivity contribution in [2.45, 2.75) is 29.0 Å². The van der Waals surface area contributed by atoms with Gasteiger partial charge in [0.1, 0.15) is 23.4 Å². The molecule has 0 fully saturated rings. The summed E-state index contributed by atoms with van der Waals surface area (Å²) in [6, 6.07) is 4.23. The number of rotatable bonds is 3. The molecule has 0 radical (unpaired) electrons. The number of nitrogens with zero attached hydrogens (tertiary/aromatic N) is 2. The average Bonchev–Trinajstić information content (AvgIpc) is 2.84. The molecule has 1 aliphatic carbocycles. The summed E-state index contributed by atoms with van der Waals surface area (Å²) in [5.41, 5.74) is -8.03. The molecule has 0 aliphatic heterocycles.